The zero-order valence-electron chi connectivity index (χ0n) is 17.1. The first kappa shape index (κ1) is 19.3. The van der Waals surface area contributed by atoms with E-state index in [2.05, 4.69) is 67.1 Å². The highest BCUT2D eigenvalue weighted by molar-refractivity contribution is 5.79. The fourth-order valence-electron chi connectivity index (χ4n) is 3.64. The Bertz CT molecular complexity index is 781. The lowest BCUT2D eigenvalue weighted by atomic mass is 9.97. The lowest BCUT2D eigenvalue weighted by molar-refractivity contribution is -0.132. The number of aromatic nitrogens is 2. The molecule has 1 amide bonds. The van der Waals surface area contributed by atoms with Gasteiger partial charge in [0.05, 0.1) is 17.7 Å². The average Bonchev–Trinajstić information content (AvgIpc) is 2.62. The molecule has 0 unspecified atom stereocenters. The topological polar surface area (TPSA) is 49.3 Å². The van der Waals surface area contributed by atoms with Gasteiger partial charge < -0.3 is 9.80 Å². The molecule has 1 aliphatic heterocycles. The van der Waals surface area contributed by atoms with E-state index >= 15 is 0 Å². The summed E-state index contributed by atoms with van der Waals surface area (Å²) in [6.07, 6.45) is 0.457. The second-order valence-corrected chi connectivity index (χ2v) is 8.39. The highest BCUT2D eigenvalue weighted by atomic mass is 16.2. The van der Waals surface area contributed by atoms with Crippen LogP contribution in [0.5, 0.6) is 0 Å². The quantitative estimate of drug-likeness (QED) is 0.830. The number of carbonyl (C=O) groups excluding carboxylic acids is 1. The van der Waals surface area contributed by atoms with Crippen molar-refractivity contribution in [2.45, 2.75) is 52.5 Å². The van der Waals surface area contributed by atoms with Crippen LogP contribution >= 0.6 is 0 Å². The molecule has 2 heterocycles. The molecular weight excluding hydrogens is 336 g/mol. The van der Waals surface area contributed by atoms with Gasteiger partial charge in [-0.15, -0.1) is 5.10 Å². The molecule has 0 saturated carbocycles. The number of amides is 1. The van der Waals surface area contributed by atoms with E-state index in [-0.39, 0.29) is 11.4 Å². The minimum absolute atomic E-state index is 0.181. The molecule has 0 spiro atoms. The zero-order chi connectivity index (χ0) is 19.6. The van der Waals surface area contributed by atoms with Gasteiger partial charge in [0.2, 0.25) is 5.91 Å². The Morgan fingerprint density at radius 2 is 1.78 bits per heavy atom. The van der Waals surface area contributed by atoms with Gasteiger partial charge in [-0.3, -0.25) is 4.79 Å². The first-order valence-corrected chi connectivity index (χ1v) is 9.71. The maximum absolute atomic E-state index is 12.8. The molecule has 0 aliphatic carbocycles. The molecule has 0 bridgehead atoms. The summed E-state index contributed by atoms with van der Waals surface area (Å²) in [5.41, 5.74) is 3.11. The monoisotopic (exact) mass is 366 g/mol. The van der Waals surface area contributed by atoms with Crippen LogP contribution in [0.4, 0.5) is 5.82 Å². The molecule has 1 aliphatic rings. The van der Waals surface area contributed by atoms with Gasteiger partial charge in [0, 0.05) is 19.6 Å². The lowest BCUT2D eigenvalue weighted by Gasteiger charge is -2.47. The number of hydrogen-bond acceptors (Lipinski definition) is 4. The highest BCUT2D eigenvalue weighted by Crippen LogP contribution is 2.26. The van der Waals surface area contributed by atoms with Crippen LogP contribution in [0.2, 0.25) is 0 Å². The van der Waals surface area contributed by atoms with Crippen LogP contribution in [-0.4, -0.2) is 46.2 Å². The van der Waals surface area contributed by atoms with E-state index in [0.29, 0.717) is 25.4 Å². The summed E-state index contributed by atoms with van der Waals surface area (Å²) in [6.45, 7) is 12.8. The van der Waals surface area contributed by atoms with Crippen molar-refractivity contribution < 1.29 is 4.79 Å². The normalized spacial score (nSPS) is 16.7. The van der Waals surface area contributed by atoms with Gasteiger partial charge in [-0.1, -0.05) is 38.1 Å². The van der Waals surface area contributed by atoms with Gasteiger partial charge in [-0.05, 0) is 49.9 Å². The molecule has 144 valence electrons. The van der Waals surface area contributed by atoms with Gasteiger partial charge in [-0.25, -0.2) is 0 Å². The van der Waals surface area contributed by atoms with Crippen molar-refractivity contribution in [3.8, 4) is 0 Å². The van der Waals surface area contributed by atoms with E-state index in [1.54, 1.807) is 0 Å². The molecule has 1 saturated heterocycles. The average molecular weight is 367 g/mol. The number of rotatable bonds is 4. The maximum atomic E-state index is 12.8. The molecule has 1 aromatic heterocycles. The number of nitrogens with zero attached hydrogens (tertiary/aromatic N) is 4. The number of carbonyl (C=O) groups is 1. The van der Waals surface area contributed by atoms with E-state index in [1.165, 1.54) is 5.56 Å². The number of benzene rings is 1. The lowest BCUT2D eigenvalue weighted by Crippen LogP contribution is -2.61. The van der Waals surface area contributed by atoms with Crippen molar-refractivity contribution in [1.82, 2.24) is 15.1 Å². The molecule has 1 fully saturated rings. The number of aryl methyl sites for hydroxylation is 1. The van der Waals surface area contributed by atoms with Crippen LogP contribution in [0.25, 0.3) is 0 Å². The molecule has 1 aromatic carbocycles. The van der Waals surface area contributed by atoms with Crippen LogP contribution < -0.4 is 4.90 Å². The second-order valence-electron chi connectivity index (χ2n) is 8.39. The van der Waals surface area contributed by atoms with E-state index in [4.69, 9.17) is 0 Å². The minimum Gasteiger partial charge on any atom is -0.346 e. The Morgan fingerprint density at radius 3 is 2.33 bits per heavy atom. The first-order chi connectivity index (χ1) is 12.8. The minimum atomic E-state index is -0.181. The Kier molecular flexibility index (Phi) is 5.49. The second kappa shape index (κ2) is 7.67. The van der Waals surface area contributed by atoms with Crippen LogP contribution in [0, 0.1) is 6.92 Å². The number of piperazine rings is 1. The van der Waals surface area contributed by atoms with Crippen molar-refractivity contribution in [2.24, 2.45) is 0 Å². The van der Waals surface area contributed by atoms with Gasteiger partial charge in [0.1, 0.15) is 0 Å². The van der Waals surface area contributed by atoms with E-state index < -0.39 is 0 Å². The summed E-state index contributed by atoms with van der Waals surface area (Å²) in [6, 6.07) is 12.4. The summed E-state index contributed by atoms with van der Waals surface area (Å²) in [5, 5.41) is 8.51. The molecule has 3 rings (SSSR count). The van der Waals surface area contributed by atoms with Crippen LogP contribution in [0.1, 0.15) is 50.4 Å². The predicted molar refractivity (Wildman–Crippen MR) is 109 cm³/mol. The van der Waals surface area contributed by atoms with Crippen molar-refractivity contribution in [3.63, 3.8) is 0 Å². The van der Waals surface area contributed by atoms with Gasteiger partial charge in [0.25, 0.3) is 0 Å². The van der Waals surface area contributed by atoms with Gasteiger partial charge >= 0.3 is 0 Å². The summed E-state index contributed by atoms with van der Waals surface area (Å²) in [4.78, 5) is 17.1. The first-order valence-electron chi connectivity index (χ1n) is 9.71. The third-order valence-corrected chi connectivity index (χ3v) is 5.32. The van der Waals surface area contributed by atoms with Crippen molar-refractivity contribution in [2.75, 3.05) is 24.5 Å². The molecule has 5 heteroatoms. The Morgan fingerprint density at radius 1 is 1.07 bits per heavy atom. The largest absolute Gasteiger partial charge is 0.346 e. The fraction of sp³-hybridized carbons (Fsp3) is 0.500. The van der Waals surface area contributed by atoms with E-state index in [1.807, 2.05) is 24.0 Å². The number of hydrogen-bond donors (Lipinski definition) is 0. The van der Waals surface area contributed by atoms with Crippen LogP contribution in [0.3, 0.4) is 0 Å². The molecule has 0 radical (unpaired) electrons. The van der Waals surface area contributed by atoms with E-state index in [0.717, 1.165) is 23.6 Å². The SMILES string of the molecule is Cc1ccc(N2CCN(C(=O)Cc3ccc(C(C)C)cc3)CC2(C)C)nn1. The molecule has 0 N–H and O–H groups in total. The molecular formula is C22H30N4O. The summed E-state index contributed by atoms with van der Waals surface area (Å²) in [7, 11) is 0. The predicted octanol–water partition coefficient (Wildman–Crippen LogP) is 3.58. The summed E-state index contributed by atoms with van der Waals surface area (Å²) >= 11 is 0. The Balaban J connectivity index is 1.65. The van der Waals surface area contributed by atoms with Gasteiger partial charge in [-0.2, -0.15) is 5.10 Å². The maximum Gasteiger partial charge on any atom is 0.227 e. The Hall–Kier alpha value is -2.43. The molecule has 2 aromatic rings. The van der Waals surface area contributed by atoms with Crippen LogP contribution in [0.15, 0.2) is 36.4 Å². The van der Waals surface area contributed by atoms with Crippen molar-refractivity contribution >= 4 is 11.7 Å². The third kappa shape index (κ3) is 4.46. The standard InChI is InChI=1S/C22H30N4O/c1-16(2)19-9-7-18(8-10-19)14-21(27)25-12-13-26(22(4,5)15-25)20-11-6-17(3)23-24-20/h6-11,16H,12-15H2,1-5H3. The van der Waals surface area contributed by atoms with E-state index in [9.17, 15) is 4.79 Å². The summed E-state index contributed by atoms with van der Waals surface area (Å²) < 4.78 is 0. The smallest absolute Gasteiger partial charge is 0.227 e. The fourth-order valence-corrected chi connectivity index (χ4v) is 3.64. The molecule has 27 heavy (non-hydrogen) atoms. The summed E-state index contributed by atoms with van der Waals surface area (Å²) in [5.74, 6) is 1.57. The zero-order valence-corrected chi connectivity index (χ0v) is 17.1. The highest BCUT2D eigenvalue weighted by Gasteiger charge is 2.36. The molecule has 0 atom stereocenters. The Labute approximate surface area is 162 Å². The number of anilines is 1. The molecule has 5 nitrogen and oxygen atoms in total. The van der Waals surface area contributed by atoms with Crippen LogP contribution in [-0.2, 0) is 11.2 Å². The van der Waals surface area contributed by atoms with Crippen molar-refractivity contribution in [3.05, 3.63) is 53.2 Å². The van der Waals surface area contributed by atoms with Gasteiger partial charge in [0.15, 0.2) is 5.82 Å². The third-order valence-electron chi connectivity index (χ3n) is 5.32. The van der Waals surface area contributed by atoms with Crippen molar-refractivity contribution in [1.29, 1.82) is 0 Å².